The molecule has 0 aromatic carbocycles. The van der Waals surface area contributed by atoms with Gasteiger partial charge in [0, 0.05) is 25.2 Å². The SMILES string of the molecule is CCN(CC)CCCC(C)NC(=NC)NCC(C)(C)NS(C)(=O)=O.I. The van der Waals surface area contributed by atoms with Crippen molar-refractivity contribution in [3.63, 3.8) is 0 Å². The van der Waals surface area contributed by atoms with E-state index in [0.29, 0.717) is 18.5 Å². The lowest BCUT2D eigenvalue weighted by molar-refractivity contribution is 0.292. The summed E-state index contributed by atoms with van der Waals surface area (Å²) in [4.78, 5) is 6.63. The second-order valence-electron chi connectivity index (χ2n) is 6.90. The molecule has 0 fully saturated rings. The molecule has 0 aliphatic heterocycles. The van der Waals surface area contributed by atoms with Crippen molar-refractivity contribution >= 4 is 40.0 Å². The van der Waals surface area contributed by atoms with Gasteiger partial charge >= 0.3 is 0 Å². The summed E-state index contributed by atoms with van der Waals surface area (Å²) in [7, 11) is -1.52. The lowest BCUT2D eigenvalue weighted by Crippen LogP contribution is -2.53. The van der Waals surface area contributed by atoms with Crippen LogP contribution in [0.5, 0.6) is 0 Å². The molecule has 0 heterocycles. The van der Waals surface area contributed by atoms with Crippen LogP contribution in [0.4, 0.5) is 0 Å². The van der Waals surface area contributed by atoms with Gasteiger partial charge in [0.05, 0.1) is 6.26 Å². The first-order valence-corrected chi connectivity index (χ1v) is 10.6. The first-order valence-electron chi connectivity index (χ1n) is 8.71. The maximum Gasteiger partial charge on any atom is 0.209 e. The van der Waals surface area contributed by atoms with Gasteiger partial charge in [0.1, 0.15) is 0 Å². The Morgan fingerprint density at radius 3 is 2.24 bits per heavy atom. The highest BCUT2D eigenvalue weighted by Crippen LogP contribution is 2.03. The molecule has 0 radical (unpaired) electrons. The summed E-state index contributed by atoms with van der Waals surface area (Å²) in [6, 6.07) is 0.303. The van der Waals surface area contributed by atoms with Crippen LogP contribution in [0.2, 0.25) is 0 Å². The van der Waals surface area contributed by atoms with Gasteiger partial charge in [-0.2, -0.15) is 0 Å². The Balaban J connectivity index is 0. The number of hydrogen-bond donors (Lipinski definition) is 3. The minimum Gasteiger partial charge on any atom is -0.355 e. The number of aliphatic imine (C=N–C) groups is 1. The summed E-state index contributed by atoms with van der Waals surface area (Å²) in [6.07, 6.45) is 3.36. The van der Waals surface area contributed by atoms with Crippen molar-refractivity contribution < 1.29 is 8.42 Å². The molecular weight excluding hydrogens is 453 g/mol. The number of guanidine groups is 1. The van der Waals surface area contributed by atoms with Gasteiger partial charge in [-0.3, -0.25) is 4.99 Å². The van der Waals surface area contributed by atoms with Crippen LogP contribution in [-0.2, 0) is 10.0 Å². The van der Waals surface area contributed by atoms with E-state index in [1.165, 1.54) is 6.26 Å². The first-order chi connectivity index (χ1) is 11.0. The average molecular weight is 491 g/mol. The van der Waals surface area contributed by atoms with Gasteiger partial charge in [0.25, 0.3) is 0 Å². The van der Waals surface area contributed by atoms with Crippen LogP contribution < -0.4 is 15.4 Å². The minimum atomic E-state index is -3.24. The number of rotatable bonds is 11. The summed E-state index contributed by atoms with van der Waals surface area (Å²) < 4.78 is 25.4. The van der Waals surface area contributed by atoms with Crippen molar-refractivity contribution in [3.05, 3.63) is 0 Å². The third-order valence-electron chi connectivity index (χ3n) is 3.77. The quantitative estimate of drug-likeness (QED) is 0.232. The van der Waals surface area contributed by atoms with Gasteiger partial charge in [-0.25, -0.2) is 13.1 Å². The zero-order valence-electron chi connectivity index (χ0n) is 16.8. The van der Waals surface area contributed by atoms with Gasteiger partial charge in [0.15, 0.2) is 5.96 Å². The van der Waals surface area contributed by atoms with Crippen LogP contribution in [0, 0.1) is 0 Å². The summed E-state index contributed by atoms with van der Waals surface area (Å²) in [5.41, 5.74) is -0.586. The molecule has 1 atom stereocenters. The van der Waals surface area contributed by atoms with E-state index in [1.807, 2.05) is 13.8 Å². The van der Waals surface area contributed by atoms with Crippen LogP contribution in [0.15, 0.2) is 4.99 Å². The number of nitrogens with zero attached hydrogens (tertiary/aromatic N) is 2. The van der Waals surface area contributed by atoms with E-state index in [4.69, 9.17) is 0 Å². The Bertz CT molecular complexity index is 479. The normalized spacial score (nSPS) is 14.2. The maximum atomic E-state index is 11.4. The molecule has 0 aromatic rings. The van der Waals surface area contributed by atoms with Crippen LogP contribution >= 0.6 is 24.0 Å². The Morgan fingerprint density at radius 2 is 1.80 bits per heavy atom. The standard InChI is InChI=1S/C16H37N5O2S.HI/c1-8-21(9-2)12-10-11-14(3)19-15(17-6)18-13-16(4,5)20-24(7,22)23;/h14,20H,8-13H2,1-7H3,(H2,17,18,19);1H. The molecule has 0 saturated heterocycles. The molecule has 0 aliphatic carbocycles. The van der Waals surface area contributed by atoms with Gasteiger partial charge in [0.2, 0.25) is 10.0 Å². The monoisotopic (exact) mass is 491 g/mol. The molecule has 0 aromatic heterocycles. The number of hydrogen-bond acceptors (Lipinski definition) is 4. The largest absolute Gasteiger partial charge is 0.355 e. The molecule has 0 amide bonds. The second kappa shape index (κ2) is 13.1. The molecule has 152 valence electrons. The zero-order chi connectivity index (χ0) is 18.8. The van der Waals surface area contributed by atoms with Crippen molar-refractivity contribution in [1.82, 2.24) is 20.3 Å². The molecule has 0 saturated carbocycles. The topological polar surface area (TPSA) is 85.8 Å². The molecule has 0 aliphatic rings. The highest BCUT2D eigenvalue weighted by atomic mass is 127. The van der Waals surface area contributed by atoms with E-state index in [2.05, 4.69) is 46.0 Å². The molecule has 0 bridgehead atoms. The molecule has 0 spiro atoms. The van der Waals surface area contributed by atoms with Crippen molar-refractivity contribution in [2.24, 2.45) is 4.99 Å². The third kappa shape index (κ3) is 14.7. The van der Waals surface area contributed by atoms with Crippen LogP contribution in [-0.4, -0.2) is 70.3 Å². The van der Waals surface area contributed by atoms with Gasteiger partial charge in [-0.15, -0.1) is 24.0 Å². The van der Waals surface area contributed by atoms with E-state index >= 15 is 0 Å². The lowest BCUT2D eigenvalue weighted by atomic mass is 10.1. The Morgan fingerprint density at radius 1 is 1.24 bits per heavy atom. The Hall–Kier alpha value is -0.130. The van der Waals surface area contributed by atoms with Gasteiger partial charge in [-0.05, 0) is 53.2 Å². The Labute approximate surface area is 171 Å². The maximum absolute atomic E-state index is 11.4. The fourth-order valence-corrected chi connectivity index (χ4v) is 3.58. The molecule has 7 nitrogen and oxygen atoms in total. The first kappa shape index (κ1) is 27.1. The van der Waals surface area contributed by atoms with E-state index in [-0.39, 0.29) is 24.0 Å². The summed E-state index contributed by atoms with van der Waals surface area (Å²) in [5, 5.41) is 6.54. The predicted molar refractivity (Wildman–Crippen MR) is 118 cm³/mol. The molecule has 1 unspecified atom stereocenters. The molecule has 25 heavy (non-hydrogen) atoms. The second-order valence-corrected chi connectivity index (χ2v) is 8.65. The average Bonchev–Trinajstić information content (AvgIpc) is 2.45. The Kier molecular flexibility index (Phi) is 14.2. The predicted octanol–water partition coefficient (Wildman–Crippen LogP) is 1.61. The van der Waals surface area contributed by atoms with Gasteiger partial charge < -0.3 is 15.5 Å². The molecular formula is C16H38IN5O2S. The third-order valence-corrected chi connectivity index (χ3v) is 4.70. The van der Waals surface area contributed by atoms with Gasteiger partial charge in [-0.1, -0.05) is 13.8 Å². The van der Waals surface area contributed by atoms with Crippen molar-refractivity contribution in [1.29, 1.82) is 0 Å². The molecule has 9 heteroatoms. The molecule has 3 N–H and O–H groups in total. The molecule has 0 rings (SSSR count). The lowest BCUT2D eigenvalue weighted by Gasteiger charge is -2.27. The van der Waals surface area contributed by atoms with Crippen LogP contribution in [0.3, 0.4) is 0 Å². The van der Waals surface area contributed by atoms with Crippen molar-refractivity contribution in [3.8, 4) is 0 Å². The summed E-state index contributed by atoms with van der Waals surface area (Å²) in [6.45, 7) is 13.9. The fraction of sp³-hybridized carbons (Fsp3) is 0.938. The van der Waals surface area contributed by atoms with Crippen LogP contribution in [0.25, 0.3) is 0 Å². The number of nitrogens with one attached hydrogen (secondary N) is 3. The van der Waals surface area contributed by atoms with E-state index in [1.54, 1.807) is 7.05 Å². The van der Waals surface area contributed by atoms with E-state index < -0.39 is 15.6 Å². The highest BCUT2D eigenvalue weighted by molar-refractivity contribution is 14.0. The summed E-state index contributed by atoms with van der Waals surface area (Å²) >= 11 is 0. The summed E-state index contributed by atoms with van der Waals surface area (Å²) in [5.74, 6) is 0.689. The highest BCUT2D eigenvalue weighted by Gasteiger charge is 2.22. The smallest absolute Gasteiger partial charge is 0.209 e. The number of halogens is 1. The van der Waals surface area contributed by atoms with E-state index in [0.717, 1.165) is 32.5 Å². The van der Waals surface area contributed by atoms with Crippen molar-refractivity contribution in [2.45, 2.75) is 59.0 Å². The fourth-order valence-electron chi connectivity index (χ4n) is 2.50. The number of sulfonamides is 1. The zero-order valence-corrected chi connectivity index (χ0v) is 20.0. The van der Waals surface area contributed by atoms with Crippen molar-refractivity contribution in [2.75, 3.05) is 39.5 Å². The minimum absolute atomic E-state index is 0. The van der Waals surface area contributed by atoms with Crippen LogP contribution in [0.1, 0.15) is 47.5 Å². The van der Waals surface area contributed by atoms with E-state index in [9.17, 15) is 8.42 Å².